The minimum absolute atomic E-state index is 0.0521. The lowest BCUT2D eigenvalue weighted by Gasteiger charge is -2.26. The molecule has 0 bridgehead atoms. The van der Waals surface area contributed by atoms with Crippen LogP contribution in [0.1, 0.15) is 30.9 Å². The van der Waals surface area contributed by atoms with Crippen LogP contribution in [0.4, 0.5) is 5.69 Å². The number of methoxy groups -OCH3 is 1. The molecule has 0 radical (unpaired) electrons. The highest BCUT2D eigenvalue weighted by Crippen LogP contribution is 2.27. The number of carbonyl (C=O) groups is 1. The zero-order valence-electron chi connectivity index (χ0n) is 19.2. The lowest BCUT2D eigenvalue weighted by molar-refractivity contribution is -0.137. The number of benzene rings is 2. The van der Waals surface area contributed by atoms with E-state index in [9.17, 15) is 4.79 Å². The Kier molecular flexibility index (Phi) is 9.03. The van der Waals surface area contributed by atoms with Gasteiger partial charge < -0.3 is 24.4 Å². The van der Waals surface area contributed by atoms with E-state index in [4.69, 9.17) is 26.4 Å². The van der Waals surface area contributed by atoms with Crippen LogP contribution in [-0.4, -0.2) is 62.2 Å². The molecule has 8 nitrogen and oxygen atoms in total. The summed E-state index contributed by atoms with van der Waals surface area (Å²) in [4.78, 5) is 14.0. The quantitative estimate of drug-likeness (QED) is 0.348. The molecule has 1 heterocycles. The Morgan fingerprint density at radius 3 is 2.58 bits per heavy atom. The largest absolute Gasteiger partial charge is 0.493 e. The zero-order valence-corrected chi connectivity index (χ0v) is 20.0. The molecule has 1 fully saturated rings. The van der Waals surface area contributed by atoms with Crippen molar-refractivity contribution in [1.82, 2.24) is 10.3 Å². The highest BCUT2D eigenvalue weighted by molar-refractivity contribution is 7.80. The lowest BCUT2D eigenvalue weighted by Crippen LogP contribution is -2.43. The number of rotatable bonds is 8. The minimum atomic E-state index is -0.0740. The Morgan fingerprint density at radius 1 is 1.18 bits per heavy atom. The number of amides is 1. The van der Waals surface area contributed by atoms with Gasteiger partial charge in [0.2, 0.25) is 0 Å². The smallest absolute Gasteiger partial charge is 0.260 e. The van der Waals surface area contributed by atoms with Gasteiger partial charge in [0, 0.05) is 18.8 Å². The van der Waals surface area contributed by atoms with Crippen molar-refractivity contribution in [2.75, 3.05) is 45.3 Å². The van der Waals surface area contributed by atoms with Gasteiger partial charge in [-0.05, 0) is 59.6 Å². The SMILES string of the molecule is COc1cc(/C=N/NC(=S)Nc2ccc(C(C)C)cc2)ccc1OCC(=O)N1CCOCC1. The summed E-state index contributed by atoms with van der Waals surface area (Å²) in [6.07, 6.45) is 1.63. The number of hydrogen-bond donors (Lipinski definition) is 2. The van der Waals surface area contributed by atoms with E-state index >= 15 is 0 Å². The Bertz CT molecular complexity index is 973. The topological polar surface area (TPSA) is 84.4 Å². The molecule has 0 saturated carbocycles. The molecule has 2 aromatic carbocycles. The Labute approximate surface area is 199 Å². The van der Waals surface area contributed by atoms with Gasteiger partial charge in [-0.25, -0.2) is 0 Å². The van der Waals surface area contributed by atoms with Crippen molar-refractivity contribution < 1.29 is 19.0 Å². The van der Waals surface area contributed by atoms with E-state index in [-0.39, 0.29) is 12.5 Å². The minimum Gasteiger partial charge on any atom is -0.493 e. The summed E-state index contributed by atoms with van der Waals surface area (Å²) in [5.74, 6) is 1.41. The van der Waals surface area contributed by atoms with Crippen LogP contribution in [0.25, 0.3) is 0 Å². The van der Waals surface area contributed by atoms with E-state index in [0.29, 0.717) is 48.8 Å². The van der Waals surface area contributed by atoms with Gasteiger partial charge in [-0.1, -0.05) is 26.0 Å². The zero-order chi connectivity index (χ0) is 23.6. The third-order valence-corrected chi connectivity index (χ3v) is 5.31. The standard InChI is InChI=1S/C24H30N4O4S/c1-17(2)19-5-7-20(8-6-19)26-24(33)27-25-15-18-4-9-21(22(14-18)30-3)32-16-23(29)28-10-12-31-13-11-28/h4-9,14-15,17H,10-13,16H2,1-3H3,(H2,26,27,33)/b25-15+. The van der Waals surface area contributed by atoms with Crippen molar-refractivity contribution in [2.24, 2.45) is 5.10 Å². The number of hydrazone groups is 1. The molecule has 33 heavy (non-hydrogen) atoms. The summed E-state index contributed by atoms with van der Waals surface area (Å²) in [6.45, 7) is 6.54. The summed E-state index contributed by atoms with van der Waals surface area (Å²) >= 11 is 5.29. The van der Waals surface area contributed by atoms with Crippen LogP contribution in [0.5, 0.6) is 11.5 Å². The molecule has 3 rings (SSSR count). The van der Waals surface area contributed by atoms with Gasteiger partial charge in [0.05, 0.1) is 26.5 Å². The molecule has 1 amide bonds. The van der Waals surface area contributed by atoms with Gasteiger partial charge in [-0.15, -0.1) is 0 Å². The van der Waals surface area contributed by atoms with Crippen LogP contribution in [0.3, 0.4) is 0 Å². The number of ether oxygens (including phenoxy) is 3. The highest BCUT2D eigenvalue weighted by atomic mass is 32.1. The van der Waals surface area contributed by atoms with Gasteiger partial charge >= 0.3 is 0 Å². The van der Waals surface area contributed by atoms with Gasteiger partial charge in [0.25, 0.3) is 5.91 Å². The average molecular weight is 471 g/mol. The molecule has 9 heteroatoms. The molecule has 0 spiro atoms. The van der Waals surface area contributed by atoms with E-state index in [1.165, 1.54) is 5.56 Å². The monoisotopic (exact) mass is 470 g/mol. The first-order valence-corrected chi connectivity index (χ1v) is 11.2. The maximum Gasteiger partial charge on any atom is 0.260 e. The molecule has 1 aliphatic heterocycles. The van der Waals surface area contributed by atoms with E-state index in [2.05, 4.69) is 41.8 Å². The van der Waals surface area contributed by atoms with Gasteiger partial charge in [0.1, 0.15) is 0 Å². The fourth-order valence-electron chi connectivity index (χ4n) is 3.20. The number of hydrogen-bond acceptors (Lipinski definition) is 6. The predicted molar refractivity (Wildman–Crippen MR) is 133 cm³/mol. The van der Waals surface area contributed by atoms with E-state index in [0.717, 1.165) is 11.3 Å². The van der Waals surface area contributed by atoms with Crippen LogP contribution in [0.2, 0.25) is 0 Å². The van der Waals surface area contributed by atoms with Crippen LogP contribution >= 0.6 is 12.2 Å². The molecule has 2 N–H and O–H groups in total. The molecule has 0 aromatic heterocycles. The van der Waals surface area contributed by atoms with Crippen molar-refractivity contribution >= 4 is 35.1 Å². The van der Waals surface area contributed by atoms with Crippen molar-refractivity contribution in [3.05, 3.63) is 53.6 Å². The average Bonchev–Trinajstić information content (AvgIpc) is 2.83. The predicted octanol–water partition coefficient (Wildman–Crippen LogP) is 3.38. The first kappa shape index (κ1) is 24.5. The van der Waals surface area contributed by atoms with Crippen molar-refractivity contribution in [1.29, 1.82) is 0 Å². The molecular formula is C24H30N4O4S. The number of morpholine rings is 1. The van der Waals surface area contributed by atoms with Crippen LogP contribution < -0.4 is 20.2 Å². The fourth-order valence-corrected chi connectivity index (χ4v) is 3.37. The van der Waals surface area contributed by atoms with E-state index in [1.807, 2.05) is 18.2 Å². The Hall–Kier alpha value is -3.17. The highest BCUT2D eigenvalue weighted by Gasteiger charge is 2.18. The second-order valence-electron chi connectivity index (χ2n) is 7.79. The maximum atomic E-state index is 12.3. The van der Waals surface area contributed by atoms with Crippen molar-refractivity contribution in [3.63, 3.8) is 0 Å². The van der Waals surface area contributed by atoms with Crippen LogP contribution in [0, 0.1) is 0 Å². The second-order valence-corrected chi connectivity index (χ2v) is 8.20. The third kappa shape index (κ3) is 7.44. The first-order chi connectivity index (χ1) is 16.0. The number of thiocarbonyl (C=S) groups is 1. The number of nitrogens with one attached hydrogen (secondary N) is 2. The van der Waals surface area contributed by atoms with Gasteiger partial charge in [0.15, 0.2) is 23.2 Å². The lowest BCUT2D eigenvalue weighted by atomic mass is 10.0. The van der Waals surface area contributed by atoms with Crippen LogP contribution in [0.15, 0.2) is 47.6 Å². The molecule has 176 valence electrons. The summed E-state index contributed by atoms with van der Waals surface area (Å²) in [7, 11) is 1.55. The van der Waals surface area contributed by atoms with E-state index < -0.39 is 0 Å². The second kappa shape index (κ2) is 12.2. The number of nitrogens with zero attached hydrogens (tertiary/aromatic N) is 2. The van der Waals surface area contributed by atoms with E-state index in [1.54, 1.807) is 30.4 Å². The summed E-state index contributed by atoms with van der Waals surface area (Å²) in [5, 5.41) is 7.66. The molecule has 0 unspecified atom stereocenters. The fraction of sp³-hybridized carbons (Fsp3) is 0.375. The summed E-state index contributed by atoms with van der Waals surface area (Å²) < 4.78 is 16.4. The van der Waals surface area contributed by atoms with Crippen molar-refractivity contribution in [2.45, 2.75) is 19.8 Å². The summed E-state index contributed by atoms with van der Waals surface area (Å²) in [5.41, 5.74) is 5.75. The van der Waals surface area contributed by atoms with Gasteiger partial charge in [-0.2, -0.15) is 5.10 Å². The maximum absolute atomic E-state index is 12.3. The van der Waals surface area contributed by atoms with Crippen molar-refractivity contribution in [3.8, 4) is 11.5 Å². The third-order valence-electron chi connectivity index (χ3n) is 5.12. The molecular weight excluding hydrogens is 440 g/mol. The molecule has 1 aliphatic rings. The number of carbonyl (C=O) groups excluding carboxylic acids is 1. The van der Waals surface area contributed by atoms with Crippen LogP contribution in [-0.2, 0) is 9.53 Å². The number of anilines is 1. The molecule has 2 aromatic rings. The Balaban J connectivity index is 1.50. The summed E-state index contributed by atoms with van der Waals surface area (Å²) in [6, 6.07) is 13.5. The molecule has 1 saturated heterocycles. The Morgan fingerprint density at radius 2 is 1.91 bits per heavy atom. The normalized spacial score (nSPS) is 13.8. The molecule has 0 atom stereocenters. The molecule has 0 aliphatic carbocycles. The first-order valence-electron chi connectivity index (χ1n) is 10.8. The van der Waals surface area contributed by atoms with Gasteiger partial charge in [-0.3, -0.25) is 10.2 Å².